The minimum atomic E-state index is -0.298. The third-order valence-electron chi connectivity index (χ3n) is 3.72. The van der Waals surface area contributed by atoms with Gasteiger partial charge in [0.25, 0.3) is 0 Å². The molecule has 94 valence electrons. The minimum absolute atomic E-state index is 0.0637. The van der Waals surface area contributed by atoms with E-state index in [0.717, 1.165) is 37.2 Å². The Kier molecular flexibility index (Phi) is 2.78. The van der Waals surface area contributed by atoms with E-state index in [1.54, 1.807) is 0 Å². The van der Waals surface area contributed by atoms with Crippen LogP contribution in [0.2, 0.25) is 0 Å². The fourth-order valence-corrected chi connectivity index (χ4v) is 2.79. The van der Waals surface area contributed by atoms with Crippen LogP contribution in [0.25, 0.3) is 0 Å². The third-order valence-corrected chi connectivity index (χ3v) is 3.72. The molecule has 18 heavy (non-hydrogen) atoms. The van der Waals surface area contributed by atoms with Gasteiger partial charge in [0, 0.05) is 25.2 Å². The van der Waals surface area contributed by atoms with Crippen LogP contribution in [0.15, 0.2) is 24.3 Å². The number of anilines is 1. The van der Waals surface area contributed by atoms with Gasteiger partial charge in [-0.15, -0.1) is 0 Å². The summed E-state index contributed by atoms with van der Waals surface area (Å²) in [4.78, 5) is 26.0. The fraction of sp³-hybridized carbons (Fsp3) is 0.429. The second-order valence-corrected chi connectivity index (χ2v) is 4.92. The van der Waals surface area contributed by atoms with E-state index in [2.05, 4.69) is 5.32 Å². The Morgan fingerprint density at radius 3 is 2.72 bits per heavy atom. The zero-order valence-corrected chi connectivity index (χ0v) is 10.2. The van der Waals surface area contributed by atoms with Crippen molar-refractivity contribution in [3.05, 3.63) is 29.8 Å². The predicted molar refractivity (Wildman–Crippen MR) is 68.2 cm³/mol. The van der Waals surface area contributed by atoms with Gasteiger partial charge in [-0.05, 0) is 24.5 Å². The van der Waals surface area contributed by atoms with Gasteiger partial charge in [0.2, 0.25) is 11.8 Å². The number of nitrogens with one attached hydrogen (secondary N) is 1. The van der Waals surface area contributed by atoms with Crippen molar-refractivity contribution in [2.24, 2.45) is 0 Å². The van der Waals surface area contributed by atoms with Crippen LogP contribution in [0.3, 0.4) is 0 Å². The molecule has 0 bridgehead atoms. The number of benzene rings is 1. The largest absolute Gasteiger partial charge is 0.342 e. The maximum Gasteiger partial charge on any atom is 0.230 e. The third kappa shape index (κ3) is 1.88. The van der Waals surface area contributed by atoms with Crippen LogP contribution < -0.4 is 5.32 Å². The Hall–Kier alpha value is -1.84. The Balaban J connectivity index is 1.92. The van der Waals surface area contributed by atoms with Crippen molar-refractivity contribution in [1.82, 2.24) is 4.90 Å². The van der Waals surface area contributed by atoms with Crippen LogP contribution in [0.5, 0.6) is 0 Å². The molecule has 1 atom stereocenters. The number of fused-ring (bicyclic) bond motifs is 1. The van der Waals surface area contributed by atoms with Crippen molar-refractivity contribution >= 4 is 17.5 Å². The van der Waals surface area contributed by atoms with Crippen molar-refractivity contribution < 1.29 is 9.59 Å². The second kappa shape index (κ2) is 4.44. The molecule has 4 nitrogen and oxygen atoms in total. The first-order valence-electron chi connectivity index (χ1n) is 6.43. The number of likely N-dealkylation sites (tertiary alicyclic amines) is 1. The average molecular weight is 244 g/mol. The number of para-hydroxylation sites is 1. The summed E-state index contributed by atoms with van der Waals surface area (Å²) in [6, 6.07) is 7.59. The van der Waals surface area contributed by atoms with Crippen LogP contribution in [0.1, 0.15) is 30.7 Å². The van der Waals surface area contributed by atoms with Crippen molar-refractivity contribution in [3.63, 3.8) is 0 Å². The molecule has 0 saturated carbocycles. The van der Waals surface area contributed by atoms with E-state index < -0.39 is 0 Å². The molecule has 1 fully saturated rings. The van der Waals surface area contributed by atoms with Crippen molar-refractivity contribution in [2.45, 2.75) is 25.2 Å². The topological polar surface area (TPSA) is 49.4 Å². The van der Waals surface area contributed by atoms with Crippen LogP contribution >= 0.6 is 0 Å². The van der Waals surface area contributed by atoms with Crippen LogP contribution in [0, 0.1) is 0 Å². The normalized spacial score (nSPS) is 22.6. The summed E-state index contributed by atoms with van der Waals surface area (Å²) in [5.74, 6) is -0.255. The van der Waals surface area contributed by atoms with E-state index in [1.807, 2.05) is 29.2 Å². The molecule has 4 heteroatoms. The molecule has 0 radical (unpaired) electrons. The maximum atomic E-state index is 12.5. The number of amides is 2. The molecular formula is C14H16N2O2. The number of carbonyl (C=O) groups is 2. The summed E-state index contributed by atoms with van der Waals surface area (Å²) in [5, 5.41) is 2.83. The van der Waals surface area contributed by atoms with Crippen molar-refractivity contribution in [2.75, 3.05) is 18.4 Å². The highest BCUT2D eigenvalue weighted by atomic mass is 16.2. The first-order valence-corrected chi connectivity index (χ1v) is 6.43. The van der Waals surface area contributed by atoms with Crippen LogP contribution in [-0.2, 0) is 9.59 Å². The predicted octanol–water partition coefficient (Wildman–Crippen LogP) is 1.73. The van der Waals surface area contributed by atoms with Gasteiger partial charge in [-0.2, -0.15) is 0 Å². The SMILES string of the molecule is O=C1CC(C(=O)N2CCCC2)c2ccccc2N1. The Labute approximate surface area is 106 Å². The molecule has 0 aliphatic carbocycles. The molecule has 2 amide bonds. The summed E-state index contributed by atoms with van der Waals surface area (Å²) in [6.45, 7) is 1.66. The highest BCUT2D eigenvalue weighted by molar-refractivity contribution is 6.01. The average Bonchev–Trinajstić information content (AvgIpc) is 2.90. The number of carbonyl (C=O) groups excluding carboxylic acids is 2. The van der Waals surface area contributed by atoms with Gasteiger partial charge in [0.1, 0.15) is 0 Å². The van der Waals surface area contributed by atoms with Crippen molar-refractivity contribution in [3.8, 4) is 0 Å². The molecule has 0 aromatic heterocycles. The lowest BCUT2D eigenvalue weighted by molar-refractivity contribution is -0.134. The summed E-state index contributed by atoms with van der Waals surface area (Å²) < 4.78 is 0. The molecule has 2 heterocycles. The summed E-state index contributed by atoms with van der Waals surface area (Å²) in [6.07, 6.45) is 2.42. The molecular weight excluding hydrogens is 228 g/mol. The lowest BCUT2D eigenvalue weighted by Gasteiger charge is -2.28. The lowest BCUT2D eigenvalue weighted by atomic mass is 9.89. The molecule has 1 aromatic rings. The molecule has 1 N–H and O–H groups in total. The highest BCUT2D eigenvalue weighted by Gasteiger charge is 2.33. The van der Waals surface area contributed by atoms with Gasteiger partial charge in [-0.1, -0.05) is 18.2 Å². The van der Waals surface area contributed by atoms with Gasteiger partial charge in [-0.25, -0.2) is 0 Å². The van der Waals surface area contributed by atoms with E-state index in [9.17, 15) is 9.59 Å². The number of nitrogens with zero attached hydrogens (tertiary/aromatic N) is 1. The molecule has 3 rings (SSSR count). The second-order valence-electron chi connectivity index (χ2n) is 4.92. The number of rotatable bonds is 1. The molecule has 0 spiro atoms. The smallest absolute Gasteiger partial charge is 0.230 e. The quantitative estimate of drug-likeness (QED) is 0.818. The maximum absolute atomic E-state index is 12.5. The Bertz CT molecular complexity index is 492. The molecule has 1 aromatic carbocycles. The number of hydrogen-bond acceptors (Lipinski definition) is 2. The van der Waals surface area contributed by atoms with Gasteiger partial charge in [-0.3, -0.25) is 9.59 Å². The molecule has 1 unspecified atom stereocenters. The molecule has 2 aliphatic rings. The van der Waals surface area contributed by atoms with Crippen molar-refractivity contribution in [1.29, 1.82) is 0 Å². The monoisotopic (exact) mass is 244 g/mol. The summed E-state index contributed by atoms with van der Waals surface area (Å²) >= 11 is 0. The van der Waals surface area contributed by atoms with Gasteiger partial charge in [0.05, 0.1) is 5.92 Å². The van der Waals surface area contributed by atoms with Crippen LogP contribution in [0.4, 0.5) is 5.69 Å². The zero-order chi connectivity index (χ0) is 12.5. The van der Waals surface area contributed by atoms with E-state index in [0.29, 0.717) is 0 Å². The van der Waals surface area contributed by atoms with Crippen LogP contribution in [-0.4, -0.2) is 29.8 Å². The summed E-state index contributed by atoms with van der Waals surface area (Å²) in [5.41, 5.74) is 1.74. The van der Waals surface area contributed by atoms with Gasteiger partial charge < -0.3 is 10.2 Å². The molecule has 1 saturated heterocycles. The van der Waals surface area contributed by atoms with E-state index in [-0.39, 0.29) is 24.2 Å². The van der Waals surface area contributed by atoms with Gasteiger partial charge in [0.15, 0.2) is 0 Å². The van der Waals surface area contributed by atoms with Gasteiger partial charge >= 0.3 is 0 Å². The Morgan fingerprint density at radius 2 is 1.94 bits per heavy atom. The van der Waals surface area contributed by atoms with E-state index in [1.165, 1.54) is 0 Å². The van der Waals surface area contributed by atoms with E-state index >= 15 is 0 Å². The first kappa shape index (κ1) is 11.3. The zero-order valence-electron chi connectivity index (χ0n) is 10.2. The standard InChI is InChI=1S/C14H16N2O2/c17-13-9-11(14(18)16-7-3-4-8-16)10-5-1-2-6-12(10)15-13/h1-2,5-6,11H,3-4,7-9H2,(H,15,17). The highest BCUT2D eigenvalue weighted by Crippen LogP contribution is 2.33. The lowest BCUT2D eigenvalue weighted by Crippen LogP contribution is -2.36. The summed E-state index contributed by atoms with van der Waals surface area (Å²) in [7, 11) is 0. The number of hydrogen-bond donors (Lipinski definition) is 1. The first-order chi connectivity index (χ1) is 8.75. The van der Waals surface area contributed by atoms with E-state index in [4.69, 9.17) is 0 Å². The fourth-order valence-electron chi connectivity index (χ4n) is 2.79. The minimum Gasteiger partial charge on any atom is -0.342 e. The molecule has 2 aliphatic heterocycles. The Morgan fingerprint density at radius 1 is 1.22 bits per heavy atom.